The molecule has 4 aliphatic heterocycles. The number of fused-ring (bicyclic) bond motifs is 4. The minimum absolute atomic E-state index is 0. The van der Waals surface area contributed by atoms with Crippen LogP contribution >= 0.6 is 11.8 Å². The van der Waals surface area contributed by atoms with Gasteiger partial charge in [0.15, 0.2) is 11.5 Å². The normalized spacial score (nSPS) is 20.0. The molecule has 12 nitrogen and oxygen atoms in total. The van der Waals surface area contributed by atoms with Gasteiger partial charge in [-0.2, -0.15) is 11.8 Å². The first-order chi connectivity index (χ1) is 23.8. The molecule has 3 atom stereocenters. The standard InChI is InChI=1S/C31H34N4O6.C6H11O2S.Y/c1-17-8-20-14-32-23-12-28(27(39-4)11-22(23)30(37)34(20)15-17)41-7-5-6-40-26-13-24-21(10-19(26)3)31(38)35-16-18(2)9-25(35)29(36)33-24;1-6(2,9-3)4-8-5-7;/h10-16,20,25,29,36H,5-9H2,1-4H3,(H,33,38);4H2,1-3H3;/q;-1;/p-1/t20-,25-,29?;;/m0../s1. The number of methoxy groups -OCH3 is 1. The molecule has 1 N–H and O–H groups in total. The monoisotopic (exact) mass is 793 g/mol. The van der Waals surface area contributed by atoms with Gasteiger partial charge in [-0.1, -0.05) is 17.6 Å². The van der Waals surface area contributed by atoms with E-state index in [9.17, 15) is 19.5 Å². The fraction of sp³-hybridized carbons (Fsp3) is 0.459. The molecular formula is C37H44N4O8SY-2. The van der Waals surface area contributed by atoms with Crippen LogP contribution in [0.25, 0.3) is 5.32 Å². The minimum Gasteiger partial charge on any atom is -0.658 e. The summed E-state index contributed by atoms with van der Waals surface area (Å²) in [5, 5.41) is 15.1. The van der Waals surface area contributed by atoms with E-state index in [2.05, 4.69) is 15.0 Å². The smallest absolute Gasteiger partial charge is 0.260 e. The van der Waals surface area contributed by atoms with Gasteiger partial charge in [0.25, 0.3) is 11.8 Å². The first kappa shape index (κ1) is 40.4. The molecule has 271 valence electrons. The number of carbonyl (C=O) groups is 2. The molecule has 14 heteroatoms. The van der Waals surface area contributed by atoms with Crippen LogP contribution in [0.2, 0.25) is 0 Å². The number of thioether (sulfide) groups is 1. The maximum Gasteiger partial charge on any atom is 0.260 e. The van der Waals surface area contributed by atoms with Crippen molar-refractivity contribution in [2.75, 3.05) is 33.2 Å². The van der Waals surface area contributed by atoms with Crippen LogP contribution in [0.5, 0.6) is 17.2 Å². The van der Waals surface area contributed by atoms with Gasteiger partial charge in [0.1, 0.15) is 5.75 Å². The summed E-state index contributed by atoms with van der Waals surface area (Å²) in [6.07, 6.45) is 8.40. The number of aliphatic imine (C=N–C) groups is 1. The van der Waals surface area contributed by atoms with Gasteiger partial charge in [-0.3, -0.25) is 14.6 Å². The van der Waals surface area contributed by atoms with Crippen molar-refractivity contribution in [3.8, 4) is 17.2 Å². The summed E-state index contributed by atoms with van der Waals surface area (Å²) in [5.41, 5.74) is 4.89. The van der Waals surface area contributed by atoms with Gasteiger partial charge in [-0.15, -0.1) is 5.69 Å². The molecule has 2 aromatic carbocycles. The van der Waals surface area contributed by atoms with Crippen LogP contribution in [0, 0.1) is 6.92 Å². The molecule has 6 rings (SSSR count). The number of rotatable bonds is 11. The molecule has 0 bridgehead atoms. The molecular weight excluding hydrogens is 749 g/mol. The van der Waals surface area contributed by atoms with Crippen LogP contribution in [0.3, 0.4) is 0 Å². The summed E-state index contributed by atoms with van der Waals surface area (Å²) in [6.45, 7) is 12.4. The number of aliphatic hydroxyl groups excluding tert-OH is 1. The molecule has 0 spiro atoms. The summed E-state index contributed by atoms with van der Waals surface area (Å²) >= 11 is 1.66. The summed E-state index contributed by atoms with van der Waals surface area (Å²) in [7, 11) is 1.54. The van der Waals surface area contributed by atoms with E-state index < -0.39 is 6.23 Å². The third kappa shape index (κ3) is 9.35. The van der Waals surface area contributed by atoms with Gasteiger partial charge in [0.2, 0.25) is 0 Å². The van der Waals surface area contributed by atoms with Gasteiger partial charge < -0.3 is 44.0 Å². The average molecular weight is 794 g/mol. The quantitative estimate of drug-likeness (QED) is 0.204. The molecule has 2 amide bonds. The number of amides is 2. The summed E-state index contributed by atoms with van der Waals surface area (Å²) in [5.74, 6) is 1.28. The van der Waals surface area contributed by atoms with Crippen LogP contribution in [-0.2, 0) is 42.2 Å². The third-order valence-corrected chi connectivity index (χ3v) is 10.1. The molecule has 0 saturated heterocycles. The van der Waals surface area contributed by atoms with E-state index >= 15 is 0 Å². The Hall–Kier alpha value is -3.39. The van der Waals surface area contributed by atoms with Gasteiger partial charge >= 0.3 is 0 Å². The first-order valence-corrected chi connectivity index (χ1v) is 17.7. The van der Waals surface area contributed by atoms with E-state index in [0.717, 1.165) is 23.1 Å². The van der Waals surface area contributed by atoms with Crippen molar-refractivity contribution in [2.24, 2.45) is 4.99 Å². The van der Waals surface area contributed by atoms with Crippen LogP contribution in [0.15, 0.2) is 52.8 Å². The first-order valence-electron chi connectivity index (χ1n) is 16.4. The largest absolute Gasteiger partial charge is 0.658 e. The Bertz CT molecular complexity index is 1730. The molecule has 0 saturated carbocycles. The summed E-state index contributed by atoms with van der Waals surface area (Å²) < 4.78 is 22.1. The summed E-state index contributed by atoms with van der Waals surface area (Å²) in [6, 6.07) is 6.45. The number of nitrogens with zero attached hydrogens (tertiary/aromatic N) is 4. The van der Waals surface area contributed by atoms with Crippen molar-refractivity contribution in [3.05, 3.63) is 69.8 Å². The molecule has 0 aromatic heterocycles. The fourth-order valence-electron chi connectivity index (χ4n) is 5.99. The number of benzene rings is 2. The Kier molecular flexibility index (Phi) is 13.8. The second-order valence-electron chi connectivity index (χ2n) is 13.3. The third-order valence-electron chi connectivity index (χ3n) is 8.84. The van der Waals surface area contributed by atoms with E-state index in [1.165, 1.54) is 6.47 Å². The number of aliphatic hydroxyl groups is 1. The van der Waals surface area contributed by atoms with Crippen LogP contribution < -0.4 is 14.2 Å². The molecule has 2 aromatic rings. The molecule has 51 heavy (non-hydrogen) atoms. The van der Waals surface area contributed by atoms with Crippen LogP contribution in [-0.4, -0.2) is 95.7 Å². The van der Waals surface area contributed by atoms with Gasteiger partial charge in [-0.25, -0.2) is 0 Å². The average Bonchev–Trinajstić information content (AvgIpc) is 3.63. The van der Waals surface area contributed by atoms with E-state index in [1.807, 2.05) is 53.3 Å². The number of aryl methyl sites for hydroxylation is 1. The van der Waals surface area contributed by atoms with E-state index in [1.54, 1.807) is 59.1 Å². The molecule has 0 fully saturated rings. The second kappa shape index (κ2) is 17.4. The van der Waals surface area contributed by atoms with E-state index in [-0.39, 0.29) is 61.4 Å². The molecule has 0 aliphatic carbocycles. The number of carbonyl (C=O) groups excluding carboxylic acids is 3. The number of hydrogen-bond acceptors (Lipinski definition) is 10. The Morgan fingerprint density at radius 3 is 2.31 bits per heavy atom. The predicted molar refractivity (Wildman–Crippen MR) is 193 cm³/mol. The van der Waals surface area contributed by atoms with E-state index in [4.69, 9.17) is 14.2 Å². The topological polar surface area (TPSA) is 141 Å². The Labute approximate surface area is 328 Å². The SMILES string of the molecule is COc1cc2c(cc1OCCCOc1cc3c(cc1C)C(=O)N1C=C(C)C[C@H]1C(O)[N-]3)N=C[C@@H]1CC(C)=CN1C2=O.CSC(C)(C)CO[C-]=O.[Y]. The number of hydrogen-bond donors (Lipinski definition) is 1. The van der Waals surface area contributed by atoms with Crippen molar-refractivity contribution >= 4 is 47.6 Å². The van der Waals surface area contributed by atoms with E-state index in [0.29, 0.717) is 72.4 Å². The second-order valence-corrected chi connectivity index (χ2v) is 14.8. The van der Waals surface area contributed by atoms with Crippen molar-refractivity contribution in [2.45, 2.75) is 76.9 Å². The van der Waals surface area contributed by atoms with Gasteiger partial charge in [0.05, 0.1) is 50.3 Å². The molecule has 1 radical (unpaired) electrons. The fourth-order valence-corrected chi connectivity index (χ4v) is 6.17. The zero-order valence-corrected chi connectivity index (χ0v) is 33.8. The minimum atomic E-state index is -1.01. The zero-order chi connectivity index (χ0) is 36.2. The molecule has 4 aliphatic rings. The maximum atomic E-state index is 13.2. The van der Waals surface area contributed by atoms with Gasteiger partial charge in [-0.05, 0) is 77.5 Å². The van der Waals surface area contributed by atoms with Crippen molar-refractivity contribution in [3.63, 3.8) is 0 Å². The molecule has 1 unspecified atom stereocenters. The Morgan fingerprint density at radius 1 is 0.961 bits per heavy atom. The zero-order valence-electron chi connectivity index (χ0n) is 30.1. The predicted octanol–water partition coefficient (Wildman–Crippen LogP) is 6.35. The van der Waals surface area contributed by atoms with Crippen molar-refractivity contribution in [1.29, 1.82) is 0 Å². The summed E-state index contributed by atoms with van der Waals surface area (Å²) in [4.78, 5) is 43.8. The number of ether oxygens (including phenoxy) is 4. The Morgan fingerprint density at radius 2 is 1.63 bits per heavy atom. The van der Waals surface area contributed by atoms with Crippen LogP contribution in [0.4, 0.5) is 11.4 Å². The van der Waals surface area contributed by atoms with Crippen LogP contribution in [0.1, 0.15) is 73.2 Å². The Balaban J connectivity index is 0.000000517. The maximum absolute atomic E-state index is 13.2. The van der Waals surface area contributed by atoms with Crippen molar-refractivity contribution in [1.82, 2.24) is 9.80 Å². The van der Waals surface area contributed by atoms with Gasteiger partial charge in [0, 0.05) is 80.3 Å². The molecule has 4 heterocycles. The van der Waals surface area contributed by atoms with Crippen molar-refractivity contribution < 1.29 is 71.1 Å².